The van der Waals surface area contributed by atoms with E-state index in [9.17, 15) is 29.4 Å². The van der Waals surface area contributed by atoms with Crippen LogP contribution in [0, 0.1) is 31.6 Å². The Bertz CT molecular complexity index is 1740. The lowest BCUT2D eigenvalue weighted by Crippen LogP contribution is -2.28. The fourth-order valence-corrected chi connectivity index (χ4v) is 7.43. The van der Waals surface area contributed by atoms with Gasteiger partial charge in [-0.1, -0.05) is 13.8 Å². The molecule has 5 heterocycles. The normalized spacial score (nSPS) is 26.2. The number of allylic oxidation sites excluding steroid dienone is 1. The molecule has 5 rings (SSSR count). The maximum Gasteiger partial charge on any atom is 0.303 e. The summed E-state index contributed by atoms with van der Waals surface area (Å²) in [5.74, 6) is -0.517. The highest BCUT2D eigenvalue weighted by Crippen LogP contribution is 2.43. The first kappa shape index (κ1) is 32.7. The largest absolute Gasteiger partial charge is 0.481 e. The summed E-state index contributed by atoms with van der Waals surface area (Å²) in [5.41, 5.74) is 6.62. The minimum Gasteiger partial charge on any atom is -0.481 e. The summed E-state index contributed by atoms with van der Waals surface area (Å²) in [6.07, 6.45) is 7.07. The van der Waals surface area contributed by atoms with E-state index in [4.69, 9.17) is 0 Å². The zero-order chi connectivity index (χ0) is 32.6. The number of aliphatic carboxylic acids is 2. The molecule has 2 aromatic rings. The van der Waals surface area contributed by atoms with E-state index in [0.29, 0.717) is 24.3 Å². The molecular formula is C33H40N4O6S2. The van der Waals surface area contributed by atoms with Gasteiger partial charge in [0, 0.05) is 74.6 Å². The van der Waals surface area contributed by atoms with E-state index in [1.807, 2.05) is 45.9 Å². The molecule has 6 N–H and O–H groups in total. The SMILES string of the molecule is Cc1c(/C=C2\NC(=O)[C@H](C)[C@H]2CCS)[nH]c(/C=c2/[nH]/c(=C/[C@H]3NC(=O)/C(=C4\CS4)C3C)c(C)c2CCC(=O)O)c1CCC(=O)O. The first-order valence-corrected chi connectivity index (χ1v) is 16.9. The monoisotopic (exact) mass is 652 g/mol. The Morgan fingerprint density at radius 3 is 2.22 bits per heavy atom. The number of nitrogens with one attached hydrogen (secondary N) is 4. The van der Waals surface area contributed by atoms with E-state index < -0.39 is 11.9 Å². The Kier molecular flexibility index (Phi) is 9.74. The van der Waals surface area contributed by atoms with E-state index in [1.165, 1.54) is 0 Å². The number of amides is 2. The van der Waals surface area contributed by atoms with Gasteiger partial charge < -0.3 is 30.8 Å². The van der Waals surface area contributed by atoms with Crippen molar-refractivity contribution < 1.29 is 29.4 Å². The molecule has 0 aliphatic carbocycles. The van der Waals surface area contributed by atoms with Gasteiger partial charge >= 0.3 is 11.9 Å². The molecule has 2 aromatic heterocycles. The van der Waals surface area contributed by atoms with Crippen LogP contribution in [0.3, 0.4) is 0 Å². The Morgan fingerprint density at radius 2 is 1.60 bits per heavy atom. The average Bonchev–Trinajstić information content (AvgIpc) is 3.56. The lowest BCUT2D eigenvalue weighted by Gasteiger charge is -2.12. The Labute approximate surface area is 271 Å². The van der Waals surface area contributed by atoms with Gasteiger partial charge in [-0.2, -0.15) is 12.6 Å². The van der Waals surface area contributed by atoms with Gasteiger partial charge in [-0.15, -0.1) is 11.8 Å². The number of rotatable bonds is 11. The first-order valence-electron chi connectivity index (χ1n) is 15.3. The lowest BCUT2D eigenvalue weighted by molar-refractivity contribution is -0.138. The zero-order valence-electron chi connectivity index (χ0n) is 25.9. The summed E-state index contributed by atoms with van der Waals surface area (Å²) in [5, 5.41) is 26.6. The quantitative estimate of drug-likeness (QED) is 0.111. The maximum absolute atomic E-state index is 12.7. The van der Waals surface area contributed by atoms with Crippen molar-refractivity contribution in [3.63, 3.8) is 0 Å². The van der Waals surface area contributed by atoms with Crippen molar-refractivity contribution in [1.82, 2.24) is 20.6 Å². The summed E-state index contributed by atoms with van der Waals surface area (Å²) < 4.78 is 0. The number of thioether (sulfide) groups is 1. The predicted octanol–water partition coefficient (Wildman–Crippen LogP) is 2.78. The number of carboxylic acid groups (broad SMARTS) is 2. The minimum absolute atomic E-state index is 0.00696. The van der Waals surface area contributed by atoms with Crippen LogP contribution in [0.15, 0.2) is 16.2 Å². The summed E-state index contributed by atoms with van der Waals surface area (Å²) in [7, 11) is 0. The third-order valence-electron chi connectivity index (χ3n) is 9.26. The van der Waals surface area contributed by atoms with Crippen molar-refractivity contribution >= 4 is 66.4 Å². The van der Waals surface area contributed by atoms with Crippen molar-refractivity contribution in [2.75, 3.05) is 11.5 Å². The predicted molar refractivity (Wildman–Crippen MR) is 178 cm³/mol. The van der Waals surface area contributed by atoms with Gasteiger partial charge in [-0.3, -0.25) is 19.2 Å². The fourth-order valence-electron chi connectivity index (χ4n) is 6.49. The second-order valence-corrected chi connectivity index (χ2v) is 13.6. The molecule has 1 unspecified atom stereocenters. The molecule has 10 nitrogen and oxygen atoms in total. The van der Waals surface area contributed by atoms with Gasteiger partial charge in [0.2, 0.25) is 11.8 Å². The Morgan fingerprint density at radius 1 is 0.933 bits per heavy atom. The number of H-pyrrole nitrogens is 2. The van der Waals surface area contributed by atoms with E-state index >= 15 is 0 Å². The molecule has 0 saturated carbocycles. The molecule has 3 fully saturated rings. The van der Waals surface area contributed by atoms with Crippen molar-refractivity contribution in [2.24, 2.45) is 17.8 Å². The molecule has 240 valence electrons. The van der Waals surface area contributed by atoms with Crippen LogP contribution in [-0.2, 0) is 32.0 Å². The van der Waals surface area contributed by atoms with Crippen molar-refractivity contribution in [3.05, 3.63) is 60.5 Å². The Balaban J connectivity index is 1.62. The molecule has 0 spiro atoms. The molecule has 4 atom stereocenters. The van der Waals surface area contributed by atoms with Crippen molar-refractivity contribution in [1.29, 1.82) is 0 Å². The number of carbonyl (C=O) groups excluding carboxylic acids is 2. The maximum atomic E-state index is 12.7. The first-order chi connectivity index (χ1) is 21.4. The van der Waals surface area contributed by atoms with Crippen molar-refractivity contribution in [3.8, 4) is 0 Å². The van der Waals surface area contributed by atoms with Gasteiger partial charge in [0.15, 0.2) is 0 Å². The highest BCUT2D eigenvalue weighted by atomic mass is 32.2. The number of hydrogen-bond acceptors (Lipinski definition) is 6. The molecule has 0 aromatic carbocycles. The number of hydrogen-bond donors (Lipinski definition) is 7. The van der Waals surface area contributed by atoms with Gasteiger partial charge in [0.25, 0.3) is 0 Å². The average molecular weight is 653 g/mol. The molecule has 3 aliphatic rings. The van der Waals surface area contributed by atoms with Gasteiger partial charge in [0.05, 0.1) is 6.04 Å². The van der Waals surface area contributed by atoms with E-state index in [2.05, 4.69) is 33.2 Å². The molecule has 2 amide bonds. The van der Waals surface area contributed by atoms with Crippen LogP contribution >= 0.6 is 24.4 Å². The number of carbonyl (C=O) groups is 4. The van der Waals surface area contributed by atoms with Gasteiger partial charge in [-0.05, 0) is 79.3 Å². The van der Waals surface area contributed by atoms with Crippen LogP contribution in [0.25, 0.3) is 18.2 Å². The molecule has 3 saturated heterocycles. The molecule has 0 radical (unpaired) electrons. The number of thiol groups is 1. The van der Waals surface area contributed by atoms with Crippen LogP contribution in [0.1, 0.15) is 66.8 Å². The van der Waals surface area contributed by atoms with Gasteiger partial charge in [-0.25, -0.2) is 0 Å². The van der Waals surface area contributed by atoms with Crippen LogP contribution in [0.5, 0.6) is 0 Å². The van der Waals surface area contributed by atoms with Crippen LogP contribution in [0.2, 0.25) is 0 Å². The van der Waals surface area contributed by atoms with E-state index in [-0.39, 0.29) is 48.5 Å². The third kappa shape index (κ3) is 6.96. The summed E-state index contributed by atoms with van der Waals surface area (Å²) in [4.78, 5) is 56.4. The molecule has 3 aliphatic heterocycles. The second-order valence-electron chi connectivity index (χ2n) is 12.1. The molecule has 45 heavy (non-hydrogen) atoms. The number of aromatic amines is 2. The lowest BCUT2D eigenvalue weighted by atomic mass is 9.91. The smallest absolute Gasteiger partial charge is 0.303 e. The van der Waals surface area contributed by atoms with E-state index in [1.54, 1.807) is 11.8 Å². The third-order valence-corrected chi connectivity index (χ3v) is 10.3. The summed E-state index contributed by atoms with van der Waals surface area (Å²) >= 11 is 6.08. The molecule has 0 bridgehead atoms. The second kappa shape index (κ2) is 13.4. The molecular weight excluding hydrogens is 613 g/mol. The van der Waals surface area contributed by atoms with E-state index in [0.717, 1.165) is 67.0 Å². The van der Waals surface area contributed by atoms with Crippen LogP contribution in [0.4, 0.5) is 0 Å². The number of carboxylic acids is 2. The summed E-state index contributed by atoms with van der Waals surface area (Å²) in [6, 6.07) is -0.204. The Hall–Kier alpha value is -3.64. The summed E-state index contributed by atoms with van der Waals surface area (Å²) in [6.45, 7) is 7.83. The molecule has 12 heteroatoms. The standard InChI is InChI=1S/C33H40N4O6S2/c1-15-19(5-7-29(38)39)25(34-22(15)11-24-18(4)31(28-14-45-28)33(43)36-24)13-26-20(6-8-30(40)41)16(2)23(35-26)12-27-21(9-10-44)17(3)32(42)37-27/h11-13,17-18,21,24,34-35,44H,5-10,14H2,1-4H3,(H,36,43)(H,37,42)(H,38,39)(H,40,41)/b22-11+,25-13+,27-12-,31-28+/t17-,18?,21-,24-/m1/s1. The van der Waals surface area contributed by atoms with Crippen LogP contribution in [-0.4, -0.2) is 61.5 Å². The number of aromatic nitrogens is 2. The van der Waals surface area contributed by atoms with Gasteiger partial charge in [0.1, 0.15) is 0 Å². The fraction of sp³-hybridized carbons (Fsp3) is 0.455. The van der Waals surface area contributed by atoms with Crippen molar-refractivity contribution in [2.45, 2.75) is 65.8 Å². The topological polar surface area (TPSA) is 164 Å². The highest BCUT2D eigenvalue weighted by molar-refractivity contribution is 8.11. The highest BCUT2D eigenvalue weighted by Gasteiger charge is 2.38. The zero-order valence-corrected chi connectivity index (χ0v) is 27.6. The van der Waals surface area contributed by atoms with Crippen LogP contribution < -0.4 is 21.3 Å². The minimum atomic E-state index is -0.909.